The number of nitrogens with zero attached hydrogens (tertiary/aromatic N) is 3. The average Bonchev–Trinajstić information content (AvgIpc) is 2.85. The Kier molecular flexibility index (Phi) is 7.11. The highest BCUT2D eigenvalue weighted by atomic mass is 16.1. The fourth-order valence-corrected chi connectivity index (χ4v) is 4.83. The lowest BCUT2D eigenvalue weighted by molar-refractivity contribution is 0.0909. The van der Waals surface area contributed by atoms with Crippen molar-refractivity contribution in [3.05, 3.63) is 93.8 Å². The van der Waals surface area contributed by atoms with E-state index in [1.807, 2.05) is 38.1 Å². The monoisotopic (exact) mass is 451 g/mol. The van der Waals surface area contributed by atoms with Crippen LogP contribution in [0.2, 0.25) is 0 Å². The molecule has 4 rings (SSSR count). The van der Waals surface area contributed by atoms with Gasteiger partial charge in [0.2, 0.25) is 0 Å². The summed E-state index contributed by atoms with van der Waals surface area (Å²) in [6, 6.07) is 22.4. The Morgan fingerprint density at radius 3 is 2.26 bits per heavy atom. The van der Waals surface area contributed by atoms with Crippen LogP contribution in [0, 0.1) is 22.7 Å². The third kappa shape index (κ3) is 5.03. The van der Waals surface area contributed by atoms with Crippen molar-refractivity contribution in [2.45, 2.75) is 45.2 Å². The van der Waals surface area contributed by atoms with Gasteiger partial charge in [-0.1, -0.05) is 42.5 Å². The highest BCUT2D eigenvalue weighted by molar-refractivity contribution is 5.94. The van der Waals surface area contributed by atoms with Gasteiger partial charge in [-0.25, -0.2) is 0 Å². The van der Waals surface area contributed by atoms with Gasteiger partial charge in [0, 0.05) is 42.6 Å². The van der Waals surface area contributed by atoms with Crippen LogP contribution in [0.25, 0.3) is 0 Å². The number of amides is 1. The predicted octanol–water partition coefficient (Wildman–Crippen LogP) is 4.36. The number of nitrogens with one attached hydrogen (secondary N) is 2. The summed E-state index contributed by atoms with van der Waals surface area (Å²) in [6.45, 7) is 6.50. The number of carbonyl (C=O) groups excluding carboxylic acids is 1. The molecule has 2 N–H and O–H groups in total. The molecular formula is C28H29N5O. The molecular weight excluding hydrogens is 422 g/mol. The first-order valence-electron chi connectivity index (χ1n) is 11.7. The Morgan fingerprint density at radius 2 is 1.65 bits per heavy atom. The standard InChI is InChI=1S/C28H29N5O/c1-19-25(16-29)27(26(17-30)20(2)31-19)22-9-6-10-23(15-22)28(34)32-24-11-13-33(14-12-24)18-21-7-4-3-5-8-21/h3-10,15,24,27,31H,11-14,18H2,1-2H3,(H,32,34). The van der Waals surface area contributed by atoms with Crippen molar-refractivity contribution in [2.24, 2.45) is 0 Å². The summed E-state index contributed by atoms with van der Waals surface area (Å²) in [6.07, 6.45) is 1.82. The molecule has 1 saturated heterocycles. The molecule has 1 amide bonds. The van der Waals surface area contributed by atoms with Crippen molar-refractivity contribution in [3.8, 4) is 12.1 Å². The molecule has 0 radical (unpaired) electrons. The van der Waals surface area contributed by atoms with Gasteiger partial charge in [0.25, 0.3) is 5.91 Å². The van der Waals surface area contributed by atoms with Crippen LogP contribution >= 0.6 is 0 Å². The molecule has 0 spiro atoms. The third-order valence-electron chi connectivity index (χ3n) is 6.66. The van der Waals surface area contributed by atoms with Crippen molar-refractivity contribution in [1.29, 1.82) is 10.5 Å². The van der Waals surface area contributed by atoms with Gasteiger partial charge in [0.05, 0.1) is 29.2 Å². The zero-order chi connectivity index (χ0) is 24.1. The molecule has 2 heterocycles. The normalized spacial score (nSPS) is 17.6. The van der Waals surface area contributed by atoms with E-state index in [0.29, 0.717) is 16.7 Å². The quantitative estimate of drug-likeness (QED) is 0.705. The number of rotatable bonds is 5. The number of hydrogen-bond acceptors (Lipinski definition) is 5. The first-order valence-corrected chi connectivity index (χ1v) is 11.7. The second-order valence-electron chi connectivity index (χ2n) is 8.99. The SMILES string of the molecule is CC1=C(C#N)C(c2cccc(C(=O)NC3CCN(Cc4ccccc4)CC3)c2)C(C#N)=C(C)N1. The third-order valence-corrected chi connectivity index (χ3v) is 6.66. The van der Waals surface area contributed by atoms with Crippen molar-refractivity contribution < 1.29 is 4.79 Å². The van der Waals surface area contributed by atoms with Crippen molar-refractivity contribution in [1.82, 2.24) is 15.5 Å². The minimum atomic E-state index is -0.467. The Balaban J connectivity index is 1.43. The second kappa shape index (κ2) is 10.4. The minimum Gasteiger partial charge on any atom is -0.361 e. The zero-order valence-corrected chi connectivity index (χ0v) is 19.6. The lowest BCUT2D eigenvalue weighted by Crippen LogP contribution is -2.44. The fourth-order valence-electron chi connectivity index (χ4n) is 4.83. The van der Waals surface area contributed by atoms with E-state index in [9.17, 15) is 15.3 Å². The van der Waals surface area contributed by atoms with Crippen LogP contribution < -0.4 is 10.6 Å². The fraction of sp³-hybridized carbons (Fsp3) is 0.321. The maximum absolute atomic E-state index is 13.1. The van der Waals surface area contributed by atoms with Crippen LogP contribution in [-0.4, -0.2) is 29.9 Å². The molecule has 2 aromatic rings. The van der Waals surface area contributed by atoms with E-state index in [1.54, 1.807) is 6.07 Å². The molecule has 0 unspecified atom stereocenters. The lowest BCUT2D eigenvalue weighted by atomic mass is 9.81. The number of hydrogen-bond donors (Lipinski definition) is 2. The summed E-state index contributed by atoms with van der Waals surface area (Å²) in [4.78, 5) is 15.5. The summed E-state index contributed by atoms with van der Waals surface area (Å²) in [5.74, 6) is -0.582. The van der Waals surface area contributed by atoms with Gasteiger partial charge in [-0.2, -0.15) is 10.5 Å². The topological polar surface area (TPSA) is 92.0 Å². The number of dihydropyridines is 1. The summed E-state index contributed by atoms with van der Waals surface area (Å²) >= 11 is 0. The van der Waals surface area contributed by atoms with E-state index in [0.717, 1.165) is 49.4 Å². The number of piperidine rings is 1. The molecule has 6 heteroatoms. The first-order chi connectivity index (χ1) is 16.5. The van der Waals surface area contributed by atoms with Gasteiger partial charge >= 0.3 is 0 Å². The van der Waals surface area contributed by atoms with Gasteiger partial charge in [0.1, 0.15) is 0 Å². The molecule has 0 saturated carbocycles. The van der Waals surface area contributed by atoms with E-state index in [4.69, 9.17) is 0 Å². The molecule has 2 aliphatic heterocycles. The maximum atomic E-state index is 13.1. The molecule has 2 aliphatic rings. The highest BCUT2D eigenvalue weighted by Crippen LogP contribution is 2.37. The van der Waals surface area contributed by atoms with Crippen LogP contribution in [0.15, 0.2) is 77.1 Å². The molecule has 0 bridgehead atoms. The molecule has 0 atom stereocenters. The minimum absolute atomic E-state index is 0.115. The van der Waals surface area contributed by atoms with Crippen molar-refractivity contribution in [3.63, 3.8) is 0 Å². The Morgan fingerprint density at radius 1 is 1.00 bits per heavy atom. The zero-order valence-electron chi connectivity index (χ0n) is 19.6. The van der Waals surface area contributed by atoms with E-state index in [-0.39, 0.29) is 11.9 Å². The Bertz CT molecular complexity index is 1170. The molecule has 172 valence electrons. The van der Waals surface area contributed by atoms with Crippen LogP contribution in [0.3, 0.4) is 0 Å². The molecule has 0 aliphatic carbocycles. The molecule has 1 fully saturated rings. The number of likely N-dealkylation sites (tertiary alicyclic amines) is 1. The number of carbonyl (C=O) groups is 1. The van der Waals surface area contributed by atoms with Crippen molar-refractivity contribution in [2.75, 3.05) is 13.1 Å². The number of nitriles is 2. The second-order valence-corrected chi connectivity index (χ2v) is 8.99. The van der Waals surface area contributed by atoms with Crippen LogP contribution in [0.1, 0.15) is 54.1 Å². The average molecular weight is 452 g/mol. The Hall–Kier alpha value is -3.87. The maximum Gasteiger partial charge on any atom is 0.251 e. The van der Waals surface area contributed by atoms with Crippen LogP contribution in [0.5, 0.6) is 0 Å². The van der Waals surface area contributed by atoms with E-state index >= 15 is 0 Å². The smallest absolute Gasteiger partial charge is 0.251 e. The van der Waals surface area contributed by atoms with E-state index in [2.05, 4.69) is 51.9 Å². The predicted molar refractivity (Wildman–Crippen MR) is 131 cm³/mol. The Labute approximate surface area is 201 Å². The molecule has 2 aromatic carbocycles. The van der Waals surface area contributed by atoms with Gasteiger partial charge < -0.3 is 10.6 Å². The first kappa shape index (κ1) is 23.3. The molecule has 6 nitrogen and oxygen atoms in total. The molecule has 0 aromatic heterocycles. The van der Waals surface area contributed by atoms with Gasteiger partial charge in [-0.05, 0) is 49.9 Å². The lowest BCUT2D eigenvalue weighted by Gasteiger charge is -2.32. The largest absolute Gasteiger partial charge is 0.361 e. The van der Waals surface area contributed by atoms with Gasteiger partial charge in [0.15, 0.2) is 0 Å². The van der Waals surface area contributed by atoms with Crippen LogP contribution in [-0.2, 0) is 6.54 Å². The van der Waals surface area contributed by atoms with Gasteiger partial charge in [-0.3, -0.25) is 9.69 Å². The van der Waals surface area contributed by atoms with E-state index in [1.165, 1.54) is 5.56 Å². The summed E-state index contributed by atoms with van der Waals surface area (Å²) < 4.78 is 0. The van der Waals surface area contributed by atoms with Crippen molar-refractivity contribution >= 4 is 5.91 Å². The number of benzene rings is 2. The summed E-state index contributed by atoms with van der Waals surface area (Å²) in [7, 11) is 0. The molecule has 34 heavy (non-hydrogen) atoms. The van der Waals surface area contributed by atoms with E-state index < -0.39 is 5.92 Å². The summed E-state index contributed by atoms with van der Waals surface area (Å²) in [5.41, 5.74) is 5.12. The summed E-state index contributed by atoms with van der Waals surface area (Å²) in [5, 5.41) is 25.8. The van der Waals surface area contributed by atoms with Crippen LogP contribution in [0.4, 0.5) is 0 Å². The van der Waals surface area contributed by atoms with Gasteiger partial charge in [-0.15, -0.1) is 0 Å². The highest BCUT2D eigenvalue weighted by Gasteiger charge is 2.30. The number of allylic oxidation sites excluding steroid dienone is 4.